The highest BCUT2D eigenvalue weighted by molar-refractivity contribution is 5.65. The van der Waals surface area contributed by atoms with Crippen LogP contribution in [-0.4, -0.2) is 36.1 Å². The molecule has 35 heavy (non-hydrogen) atoms. The number of pyridine rings is 2. The molecule has 0 aliphatic rings. The molecule has 2 N–H and O–H groups in total. The first-order chi connectivity index (χ1) is 16.4. The van der Waals surface area contributed by atoms with Gasteiger partial charge in [0.15, 0.2) is 0 Å². The number of alkyl halides is 3. The number of ether oxygens (including phenoxy) is 1. The molecule has 194 valence electrons. The van der Waals surface area contributed by atoms with Crippen LogP contribution in [0.5, 0.6) is 5.88 Å². The van der Waals surface area contributed by atoms with Crippen molar-refractivity contribution < 1.29 is 22.7 Å². The minimum Gasteiger partial charge on any atom is -0.477 e. The van der Waals surface area contributed by atoms with E-state index in [0.717, 1.165) is 41.0 Å². The highest BCUT2D eigenvalue weighted by atomic mass is 19.4. The predicted molar refractivity (Wildman–Crippen MR) is 134 cm³/mol. The molecule has 0 radical (unpaired) electrons. The number of allylic oxidation sites excluding steroid dienone is 1. The van der Waals surface area contributed by atoms with E-state index in [9.17, 15) is 18.0 Å². The second-order valence-corrected chi connectivity index (χ2v) is 8.51. The minimum absolute atomic E-state index is 0.0135. The molecule has 2 aromatic heterocycles. The Hall–Kier alpha value is -3.10. The van der Waals surface area contributed by atoms with E-state index < -0.39 is 19.2 Å². The molecule has 2 aromatic rings. The largest absolute Gasteiger partial charge is 0.477 e. The highest BCUT2D eigenvalue weighted by Gasteiger charge is 2.27. The maximum absolute atomic E-state index is 12.3. The van der Waals surface area contributed by atoms with E-state index in [2.05, 4.69) is 33.6 Å². The molecule has 0 saturated heterocycles. The zero-order valence-corrected chi connectivity index (χ0v) is 21.6. The smallest absolute Gasteiger partial charge is 0.392 e. The number of carbonyl (C=O) groups excluding carboxylic acids is 1. The van der Waals surface area contributed by atoms with E-state index in [0.29, 0.717) is 5.56 Å². The summed E-state index contributed by atoms with van der Waals surface area (Å²) in [4.78, 5) is 18.2. The number of rotatable bonds is 10. The summed E-state index contributed by atoms with van der Waals surface area (Å²) in [5.74, 6) is 1.22. The molecule has 0 bridgehead atoms. The third-order valence-electron chi connectivity index (χ3n) is 4.75. The van der Waals surface area contributed by atoms with Crippen LogP contribution in [0.15, 0.2) is 30.5 Å². The summed E-state index contributed by atoms with van der Waals surface area (Å²) in [6, 6.07) is 5.91. The summed E-state index contributed by atoms with van der Waals surface area (Å²) in [6.45, 7) is 11.1. The molecule has 2 rings (SSSR count). The van der Waals surface area contributed by atoms with Crippen LogP contribution < -0.4 is 15.4 Å². The topological polar surface area (TPSA) is 76.1 Å². The third kappa shape index (κ3) is 11.2. The zero-order valence-electron chi connectivity index (χ0n) is 21.6. The summed E-state index contributed by atoms with van der Waals surface area (Å²) in [5, 5.41) is 6.58. The number of nitrogens with zero attached hydrogens (tertiary/aromatic N) is 2. The lowest BCUT2D eigenvalue weighted by atomic mass is 10.1. The SMILES string of the molecule is CC(C)C=O.CC/C=C(/NC(C)c1cc(C)nc(NC)c1)c1cnc(OCCC(F)(F)F)c(C)c1. The third-order valence-corrected chi connectivity index (χ3v) is 4.75. The van der Waals surface area contributed by atoms with Crippen LogP contribution in [0.4, 0.5) is 19.0 Å². The molecule has 0 aliphatic heterocycles. The van der Waals surface area contributed by atoms with Gasteiger partial charge in [-0.25, -0.2) is 9.97 Å². The number of carbonyl (C=O) groups is 1. The van der Waals surface area contributed by atoms with Crippen molar-refractivity contribution in [2.75, 3.05) is 19.0 Å². The van der Waals surface area contributed by atoms with E-state index in [1.807, 2.05) is 52.9 Å². The summed E-state index contributed by atoms with van der Waals surface area (Å²) < 4.78 is 42.2. The standard InChI is InChI=1S/C22H29F3N4O.C4H8O/c1-6-7-19(29-16(4)17-11-15(3)28-20(12-17)26-5)18-10-14(2)21(27-13-18)30-9-8-22(23,24)25;1-4(2)3-5/h7,10-13,16,29H,6,8-9H2,1-5H3,(H,26,28);3-4H,1-2H3/b19-7+;. The maximum atomic E-state index is 12.3. The van der Waals surface area contributed by atoms with Crippen LogP contribution in [0.25, 0.3) is 5.70 Å². The van der Waals surface area contributed by atoms with Crippen LogP contribution in [-0.2, 0) is 4.79 Å². The Kier molecular flexibility index (Phi) is 12.3. The van der Waals surface area contributed by atoms with E-state index in [-0.39, 0.29) is 17.8 Å². The van der Waals surface area contributed by atoms with Gasteiger partial charge in [-0.1, -0.05) is 26.8 Å². The molecule has 0 spiro atoms. The maximum Gasteiger partial charge on any atom is 0.392 e. The number of hydrogen-bond acceptors (Lipinski definition) is 6. The first-order valence-corrected chi connectivity index (χ1v) is 11.6. The quantitative estimate of drug-likeness (QED) is 0.372. The predicted octanol–water partition coefficient (Wildman–Crippen LogP) is 6.41. The lowest BCUT2D eigenvalue weighted by Crippen LogP contribution is -2.18. The monoisotopic (exact) mass is 494 g/mol. The number of aldehydes is 1. The van der Waals surface area contributed by atoms with Gasteiger partial charge in [-0.3, -0.25) is 0 Å². The minimum atomic E-state index is -4.25. The summed E-state index contributed by atoms with van der Waals surface area (Å²) >= 11 is 0. The molecule has 0 saturated carbocycles. The first kappa shape index (κ1) is 29.9. The number of aryl methyl sites for hydroxylation is 2. The lowest BCUT2D eigenvalue weighted by molar-refractivity contribution is -0.139. The van der Waals surface area contributed by atoms with Crippen LogP contribution in [0.3, 0.4) is 0 Å². The van der Waals surface area contributed by atoms with Gasteiger partial charge in [0.05, 0.1) is 13.0 Å². The highest BCUT2D eigenvalue weighted by Crippen LogP contribution is 2.25. The second-order valence-electron chi connectivity index (χ2n) is 8.51. The molecule has 9 heteroatoms. The van der Waals surface area contributed by atoms with Gasteiger partial charge in [0, 0.05) is 47.7 Å². The average Bonchev–Trinajstić information content (AvgIpc) is 2.78. The van der Waals surface area contributed by atoms with Crippen LogP contribution in [0, 0.1) is 19.8 Å². The van der Waals surface area contributed by atoms with Crippen molar-refractivity contribution in [2.45, 2.75) is 66.6 Å². The Bertz CT molecular complexity index is 976. The fourth-order valence-electron chi connectivity index (χ4n) is 2.98. The van der Waals surface area contributed by atoms with E-state index in [4.69, 9.17) is 4.74 Å². The van der Waals surface area contributed by atoms with Gasteiger partial charge < -0.3 is 20.2 Å². The summed E-state index contributed by atoms with van der Waals surface area (Å²) in [6.07, 6.45) is 0.159. The van der Waals surface area contributed by atoms with E-state index in [1.54, 1.807) is 13.1 Å². The van der Waals surface area contributed by atoms with Crippen LogP contribution in [0.2, 0.25) is 0 Å². The normalized spacial score (nSPS) is 12.5. The zero-order chi connectivity index (χ0) is 26.6. The Labute approximate surface area is 206 Å². The molecule has 2 heterocycles. The molecular formula is C26H37F3N4O2. The van der Waals surface area contributed by atoms with E-state index in [1.165, 1.54) is 0 Å². The number of halogens is 3. The number of nitrogens with one attached hydrogen (secondary N) is 2. The van der Waals surface area contributed by atoms with Gasteiger partial charge in [-0.15, -0.1) is 0 Å². The van der Waals surface area contributed by atoms with Gasteiger partial charge in [-0.05, 0) is 51.0 Å². The Morgan fingerprint density at radius 1 is 1.17 bits per heavy atom. The van der Waals surface area contributed by atoms with Gasteiger partial charge >= 0.3 is 6.18 Å². The molecular weight excluding hydrogens is 457 g/mol. The van der Waals surface area contributed by atoms with Crippen molar-refractivity contribution in [1.82, 2.24) is 15.3 Å². The fraction of sp³-hybridized carbons (Fsp3) is 0.500. The Balaban J connectivity index is 0.00000111. The van der Waals surface area contributed by atoms with Crippen molar-refractivity contribution >= 4 is 17.8 Å². The van der Waals surface area contributed by atoms with Crippen molar-refractivity contribution in [3.8, 4) is 5.88 Å². The van der Waals surface area contributed by atoms with Crippen molar-refractivity contribution in [3.05, 3.63) is 52.9 Å². The van der Waals surface area contributed by atoms with Crippen LogP contribution >= 0.6 is 0 Å². The summed E-state index contributed by atoms with van der Waals surface area (Å²) in [7, 11) is 1.83. The van der Waals surface area contributed by atoms with Crippen molar-refractivity contribution in [2.24, 2.45) is 5.92 Å². The van der Waals surface area contributed by atoms with Crippen molar-refractivity contribution in [1.29, 1.82) is 0 Å². The molecule has 1 atom stereocenters. The number of anilines is 1. The van der Waals surface area contributed by atoms with Crippen molar-refractivity contribution in [3.63, 3.8) is 0 Å². The lowest BCUT2D eigenvalue weighted by Gasteiger charge is -2.20. The number of aromatic nitrogens is 2. The van der Waals surface area contributed by atoms with Gasteiger partial charge in [0.2, 0.25) is 5.88 Å². The van der Waals surface area contributed by atoms with Crippen LogP contribution in [0.1, 0.15) is 69.0 Å². The van der Waals surface area contributed by atoms with E-state index >= 15 is 0 Å². The molecule has 0 aromatic carbocycles. The summed E-state index contributed by atoms with van der Waals surface area (Å²) in [5.41, 5.74) is 4.45. The molecule has 6 nitrogen and oxygen atoms in total. The molecule has 0 fully saturated rings. The average molecular weight is 495 g/mol. The second kappa shape index (κ2) is 14.3. The Morgan fingerprint density at radius 2 is 1.83 bits per heavy atom. The number of hydrogen-bond donors (Lipinski definition) is 2. The molecule has 0 amide bonds. The fourth-order valence-corrected chi connectivity index (χ4v) is 2.98. The first-order valence-electron chi connectivity index (χ1n) is 11.6. The van der Waals surface area contributed by atoms with Gasteiger partial charge in [0.25, 0.3) is 0 Å². The molecule has 0 aliphatic carbocycles. The molecule has 1 unspecified atom stereocenters. The Morgan fingerprint density at radius 3 is 2.34 bits per heavy atom. The van der Waals surface area contributed by atoms with Gasteiger partial charge in [-0.2, -0.15) is 13.2 Å². The van der Waals surface area contributed by atoms with Gasteiger partial charge in [0.1, 0.15) is 12.1 Å².